The van der Waals surface area contributed by atoms with Gasteiger partial charge in [-0.3, -0.25) is 14.4 Å². The maximum absolute atomic E-state index is 13.2. The SMILES string of the molecule is N#Cc1ccc(CCC(=O)N2CCC(CC(=O)NC(Cc3ccc(OCc4ccccc4)cc3)C(=O)NCCC3CC3)CC2)cc1. The number of hydrogen-bond donors (Lipinski definition) is 2. The second kappa shape index (κ2) is 16.6. The number of aryl methyl sites for hydroxylation is 1. The van der Waals surface area contributed by atoms with E-state index in [4.69, 9.17) is 10.00 Å². The van der Waals surface area contributed by atoms with Gasteiger partial charge in [0.2, 0.25) is 17.7 Å². The summed E-state index contributed by atoms with van der Waals surface area (Å²) in [5, 5.41) is 15.0. The number of rotatable bonds is 15. The van der Waals surface area contributed by atoms with Crippen LogP contribution in [0.25, 0.3) is 0 Å². The Bertz CT molecular complexity index is 1470. The molecular weight excluding hydrogens is 576 g/mol. The molecule has 2 N–H and O–H groups in total. The molecule has 1 saturated heterocycles. The van der Waals surface area contributed by atoms with E-state index in [1.54, 1.807) is 12.1 Å². The quantitative estimate of drug-likeness (QED) is 0.238. The minimum absolute atomic E-state index is 0.117. The molecule has 2 fully saturated rings. The van der Waals surface area contributed by atoms with Crippen molar-refractivity contribution in [2.75, 3.05) is 19.6 Å². The first-order valence-corrected chi connectivity index (χ1v) is 16.5. The number of nitriles is 1. The molecule has 46 heavy (non-hydrogen) atoms. The van der Waals surface area contributed by atoms with Crippen molar-refractivity contribution >= 4 is 17.7 Å². The molecule has 0 spiro atoms. The fraction of sp³-hybridized carbons (Fsp3) is 0.421. The molecule has 8 heteroatoms. The zero-order valence-electron chi connectivity index (χ0n) is 26.5. The summed E-state index contributed by atoms with van der Waals surface area (Å²) < 4.78 is 5.91. The molecule has 0 bridgehead atoms. The number of hydrogen-bond acceptors (Lipinski definition) is 5. The van der Waals surface area contributed by atoms with Gasteiger partial charge in [0.1, 0.15) is 18.4 Å². The molecule has 1 aliphatic heterocycles. The summed E-state index contributed by atoms with van der Waals surface area (Å²) in [6.07, 6.45) is 6.77. The van der Waals surface area contributed by atoms with E-state index < -0.39 is 6.04 Å². The zero-order valence-corrected chi connectivity index (χ0v) is 26.5. The van der Waals surface area contributed by atoms with E-state index in [2.05, 4.69) is 16.7 Å². The normalized spacial score (nSPS) is 15.4. The highest BCUT2D eigenvalue weighted by Gasteiger charge is 2.27. The maximum atomic E-state index is 13.2. The molecule has 1 unspecified atom stereocenters. The Morgan fingerprint density at radius 2 is 1.54 bits per heavy atom. The predicted octanol–water partition coefficient (Wildman–Crippen LogP) is 5.34. The van der Waals surface area contributed by atoms with Gasteiger partial charge in [0.25, 0.3) is 0 Å². The third-order valence-corrected chi connectivity index (χ3v) is 8.96. The summed E-state index contributed by atoms with van der Waals surface area (Å²) in [6, 6.07) is 26.5. The van der Waals surface area contributed by atoms with Crippen molar-refractivity contribution in [3.8, 4) is 11.8 Å². The minimum Gasteiger partial charge on any atom is -0.489 e. The van der Waals surface area contributed by atoms with Crippen LogP contribution < -0.4 is 15.4 Å². The van der Waals surface area contributed by atoms with Gasteiger partial charge in [-0.1, -0.05) is 67.4 Å². The van der Waals surface area contributed by atoms with Gasteiger partial charge in [0.15, 0.2) is 0 Å². The maximum Gasteiger partial charge on any atom is 0.242 e. The summed E-state index contributed by atoms with van der Waals surface area (Å²) >= 11 is 0. The Morgan fingerprint density at radius 3 is 2.22 bits per heavy atom. The van der Waals surface area contributed by atoms with Crippen molar-refractivity contribution < 1.29 is 19.1 Å². The number of amides is 3. The lowest BCUT2D eigenvalue weighted by Crippen LogP contribution is -2.49. The minimum atomic E-state index is -0.660. The van der Waals surface area contributed by atoms with Crippen LogP contribution in [-0.2, 0) is 33.8 Å². The molecule has 1 heterocycles. The van der Waals surface area contributed by atoms with Crippen molar-refractivity contribution in [2.24, 2.45) is 11.8 Å². The summed E-state index contributed by atoms with van der Waals surface area (Å²) in [5.74, 6) is 1.47. The van der Waals surface area contributed by atoms with Gasteiger partial charge in [0, 0.05) is 38.9 Å². The number of carbonyl (C=O) groups is 3. The highest BCUT2D eigenvalue weighted by molar-refractivity contribution is 5.88. The highest BCUT2D eigenvalue weighted by atomic mass is 16.5. The molecule has 5 rings (SSSR count). The number of carbonyl (C=O) groups excluding carboxylic acids is 3. The number of likely N-dealkylation sites (tertiary alicyclic amines) is 1. The molecule has 240 valence electrons. The van der Waals surface area contributed by atoms with Crippen molar-refractivity contribution in [3.63, 3.8) is 0 Å². The summed E-state index contributed by atoms with van der Waals surface area (Å²) in [5.41, 5.74) is 3.69. The van der Waals surface area contributed by atoms with Crippen LogP contribution in [0, 0.1) is 23.2 Å². The molecule has 1 atom stereocenters. The Hall–Kier alpha value is -4.64. The van der Waals surface area contributed by atoms with Crippen LogP contribution in [0.4, 0.5) is 0 Å². The molecule has 0 aromatic heterocycles. The lowest BCUT2D eigenvalue weighted by Gasteiger charge is -2.32. The average molecular weight is 621 g/mol. The first-order valence-electron chi connectivity index (χ1n) is 16.5. The van der Waals surface area contributed by atoms with E-state index in [9.17, 15) is 14.4 Å². The number of piperidine rings is 1. The highest BCUT2D eigenvalue weighted by Crippen LogP contribution is 2.31. The first-order chi connectivity index (χ1) is 22.4. The third-order valence-electron chi connectivity index (χ3n) is 8.96. The smallest absolute Gasteiger partial charge is 0.242 e. The van der Waals surface area contributed by atoms with Crippen LogP contribution in [0.15, 0.2) is 78.9 Å². The molecule has 0 radical (unpaired) electrons. The Kier molecular flexibility index (Phi) is 11.8. The van der Waals surface area contributed by atoms with E-state index in [1.165, 1.54) is 12.8 Å². The van der Waals surface area contributed by atoms with E-state index >= 15 is 0 Å². The van der Waals surface area contributed by atoms with Gasteiger partial charge < -0.3 is 20.3 Å². The van der Waals surface area contributed by atoms with Crippen LogP contribution in [0.3, 0.4) is 0 Å². The summed E-state index contributed by atoms with van der Waals surface area (Å²) in [7, 11) is 0. The van der Waals surface area contributed by atoms with Gasteiger partial charge >= 0.3 is 0 Å². The monoisotopic (exact) mass is 620 g/mol. The molecule has 1 saturated carbocycles. The van der Waals surface area contributed by atoms with Crippen LogP contribution in [0.1, 0.15) is 67.2 Å². The van der Waals surface area contributed by atoms with Crippen LogP contribution >= 0.6 is 0 Å². The number of ether oxygens (including phenoxy) is 1. The molecule has 3 aromatic carbocycles. The number of nitrogens with one attached hydrogen (secondary N) is 2. The molecule has 3 amide bonds. The Morgan fingerprint density at radius 1 is 0.848 bits per heavy atom. The van der Waals surface area contributed by atoms with Gasteiger partial charge in [-0.05, 0) is 78.5 Å². The summed E-state index contributed by atoms with van der Waals surface area (Å²) in [4.78, 5) is 41.1. The molecule has 1 aliphatic carbocycles. The lowest BCUT2D eigenvalue weighted by atomic mass is 9.92. The fourth-order valence-electron chi connectivity index (χ4n) is 5.89. The second-order valence-corrected chi connectivity index (χ2v) is 12.6. The van der Waals surface area contributed by atoms with E-state index in [0.717, 1.165) is 41.7 Å². The van der Waals surface area contributed by atoms with Gasteiger partial charge in [-0.15, -0.1) is 0 Å². The second-order valence-electron chi connectivity index (χ2n) is 12.6. The largest absolute Gasteiger partial charge is 0.489 e. The number of nitrogens with zero attached hydrogens (tertiary/aromatic N) is 2. The van der Waals surface area contributed by atoms with E-state index in [-0.39, 0.29) is 23.6 Å². The van der Waals surface area contributed by atoms with Crippen LogP contribution in [-0.4, -0.2) is 48.3 Å². The van der Waals surface area contributed by atoms with Crippen LogP contribution in [0.2, 0.25) is 0 Å². The van der Waals surface area contributed by atoms with Crippen LogP contribution in [0.5, 0.6) is 5.75 Å². The fourth-order valence-corrected chi connectivity index (χ4v) is 5.89. The van der Waals surface area contributed by atoms with Crippen molar-refractivity contribution in [1.29, 1.82) is 5.26 Å². The molecular formula is C38H44N4O4. The van der Waals surface area contributed by atoms with Gasteiger partial charge in [-0.25, -0.2) is 0 Å². The van der Waals surface area contributed by atoms with Crippen molar-refractivity contribution in [2.45, 2.75) is 70.4 Å². The Labute approximate surface area is 272 Å². The number of benzene rings is 3. The van der Waals surface area contributed by atoms with E-state index in [0.29, 0.717) is 63.4 Å². The van der Waals surface area contributed by atoms with Crippen molar-refractivity contribution in [1.82, 2.24) is 15.5 Å². The Balaban J connectivity index is 1.08. The lowest BCUT2D eigenvalue weighted by molar-refractivity contribution is -0.133. The topological polar surface area (TPSA) is 112 Å². The molecule has 2 aliphatic rings. The molecule has 8 nitrogen and oxygen atoms in total. The standard InChI is InChI=1S/C38H44N4O4/c39-26-32-10-8-28(9-11-32)14-17-37(44)42-22-19-31(20-23-42)25-36(43)41-35(38(45)40-21-18-29-6-7-29)24-30-12-15-34(16-13-30)46-27-33-4-2-1-3-5-33/h1-5,8-13,15-16,29,31,35H,6-7,14,17-25,27H2,(H,40,45)(H,41,43). The zero-order chi connectivity index (χ0) is 32.1. The first kappa shape index (κ1) is 32.7. The third kappa shape index (κ3) is 10.5. The van der Waals surface area contributed by atoms with Crippen molar-refractivity contribution in [3.05, 3.63) is 101 Å². The van der Waals surface area contributed by atoms with Gasteiger partial charge in [0.05, 0.1) is 11.6 Å². The average Bonchev–Trinajstić information content (AvgIpc) is 3.92. The van der Waals surface area contributed by atoms with Gasteiger partial charge in [-0.2, -0.15) is 5.26 Å². The summed E-state index contributed by atoms with van der Waals surface area (Å²) in [6.45, 7) is 2.37. The van der Waals surface area contributed by atoms with E-state index in [1.807, 2.05) is 71.6 Å². The molecule has 3 aromatic rings. The predicted molar refractivity (Wildman–Crippen MR) is 177 cm³/mol.